The third-order valence-electron chi connectivity index (χ3n) is 3.45. The van der Waals surface area contributed by atoms with Gasteiger partial charge in [0.05, 0.1) is 0 Å². The number of benzene rings is 1. The van der Waals surface area contributed by atoms with Crippen LogP contribution in [-0.2, 0) is 12.8 Å². The second kappa shape index (κ2) is 3.98. The van der Waals surface area contributed by atoms with Crippen LogP contribution in [-0.4, -0.2) is 15.8 Å². The number of hydrogen-bond donors (Lipinski definition) is 3. The molecule has 1 aromatic rings. The van der Waals surface area contributed by atoms with Crippen LogP contribution in [0.4, 0.5) is 0 Å². The van der Waals surface area contributed by atoms with Gasteiger partial charge >= 0.3 is 0 Å². The zero-order valence-corrected chi connectivity index (χ0v) is 9.66. The molecule has 3 nitrogen and oxygen atoms in total. The minimum absolute atomic E-state index is 0.0106. The standard InChI is InChI=1S/C13H19NO2/c1-2-9-7-10(12(16)8-11(9)15)3-4-13(14)5-6-13/h7-8,15-16H,2-6,14H2,1H3. The van der Waals surface area contributed by atoms with Crippen LogP contribution in [0.5, 0.6) is 11.5 Å². The SMILES string of the molecule is CCc1cc(CCC2(N)CC2)c(O)cc1O. The van der Waals surface area contributed by atoms with Gasteiger partial charge in [0.15, 0.2) is 0 Å². The van der Waals surface area contributed by atoms with E-state index in [0.717, 1.165) is 43.2 Å². The summed E-state index contributed by atoms with van der Waals surface area (Å²) in [4.78, 5) is 0. The first-order chi connectivity index (χ1) is 7.54. The first-order valence-corrected chi connectivity index (χ1v) is 5.87. The van der Waals surface area contributed by atoms with E-state index in [9.17, 15) is 10.2 Å². The van der Waals surface area contributed by atoms with Gasteiger partial charge < -0.3 is 15.9 Å². The summed E-state index contributed by atoms with van der Waals surface area (Å²) in [6, 6.07) is 3.32. The Morgan fingerprint density at radius 3 is 2.38 bits per heavy atom. The monoisotopic (exact) mass is 221 g/mol. The quantitative estimate of drug-likeness (QED) is 0.729. The summed E-state index contributed by atoms with van der Waals surface area (Å²) in [6.07, 6.45) is 4.65. The van der Waals surface area contributed by atoms with Crippen molar-refractivity contribution in [2.24, 2.45) is 5.73 Å². The Bertz CT molecular complexity index is 397. The van der Waals surface area contributed by atoms with Crippen molar-refractivity contribution in [3.05, 3.63) is 23.3 Å². The molecule has 16 heavy (non-hydrogen) atoms. The van der Waals surface area contributed by atoms with Gasteiger partial charge in [0.1, 0.15) is 11.5 Å². The van der Waals surface area contributed by atoms with Crippen LogP contribution in [0, 0.1) is 0 Å². The molecule has 0 atom stereocenters. The number of aryl methyl sites for hydroxylation is 2. The zero-order chi connectivity index (χ0) is 11.8. The van der Waals surface area contributed by atoms with Gasteiger partial charge in [-0.05, 0) is 49.3 Å². The molecule has 1 fully saturated rings. The van der Waals surface area contributed by atoms with Crippen LogP contribution in [0.25, 0.3) is 0 Å². The summed E-state index contributed by atoms with van der Waals surface area (Å²) >= 11 is 0. The minimum atomic E-state index is 0.0106. The molecule has 88 valence electrons. The Balaban J connectivity index is 2.13. The summed E-state index contributed by atoms with van der Waals surface area (Å²) in [6.45, 7) is 1.99. The smallest absolute Gasteiger partial charge is 0.122 e. The van der Waals surface area contributed by atoms with Crippen LogP contribution >= 0.6 is 0 Å². The molecule has 3 heteroatoms. The molecule has 0 amide bonds. The molecule has 0 aliphatic heterocycles. The molecule has 2 rings (SSSR count). The van der Waals surface area contributed by atoms with Gasteiger partial charge in [-0.25, -0.2) is 0 Å². The van der Waals surface area contributed by atoms with Gasteiger partial charge in [0.25, 0.3) is 0 Å². The predicted octanol–water partition coefficient (Wildman–Crippen LogP) is 2.08. The summed E-state index contributed by atoms with van der Waals surface area (Å²) < 4.78 is 0. The summed E-state index contributed by atoms with van der Waals surface area (Å²) in [5.41, 5.74) is 7.80. The Kier molecular flexibility index (Phi) is 2.80. The maximum absolute atomic E-state index is 9.73. The molecule has 1 aromatic carbocycles. The lowest BCUT2D eigenvalue weighted by atomic mass is 10.00. The third-order valence-corrected chi connectivity index (χ3v) is 3.45. The second-order valence-electron chi connectivity index (χ2n) is 4.83. The fourth-order valence-electron chi connectivity index (χ4n) is 1.95. The average molecular weight is 221 g/mol. The summed E-state index contributed by atoms with van der Waals surface area (Å²) in [5, 5.41) is 19.3. The Morgan fingerprint density at radius 2 is 1.81 bits per heavy atom. The number of phenols is 2. The number of aromatic hydroxyl groups is 2. The number of rotatable bonds is 4. The second-order valence-corrected chi connectivity index (χ2v) is 4.83. The van der Waals surface area contributed by atoms with Gasteiger partial charge in [-0.3, -0.25) is 0 Å². The number of hydrogen-bond acceptors (Lipinski definition) is 3. The maximum atomic E-state index is 9.73. The van der Waals surface area contributed by atoms with Crippen LogP contribution < -0.4 is 5.73 Å². The Hall–Kier alpha value is -1.22. The molecule has 0 saturated heterocycles. The van der Waals surface area contributed by atoms with E-state index in [1.807, 2.05) is 13.0 Å². The van der Waals surface area contributed by atoms with E-state index >= 15 is 0 Å². The normalized spacial score (nSPS) is 17.4. The molecule has 1 saturated carbocycles. The average Bonchev–Trinajstić information content (AvgIpc) is 2.96. The molecule has 4 N–H and O–H groups in total. The molecule has 1 aliphatic rings. The predicted molar refractivity (Wildman–Crippen MR) is 63.6 cm³/mol. The van der Waals surface area contributed by atoms with Crippen molar-refractivity contribution in [1.29, 1.82) is 0 Å². The van der Waals surface area contributed by atoms with E-state index in [-0.39, 0.29) is 17.0 Å². The first-order valence-electron chi connectivity index (χ1n) is 5.87. The lowest BCUT2D eigenvalue weighted by Gasteiger charge is -2.11. The molecule has 1 aliphatic carbocycles. The molecule has 0 spiro atoms. The van der Waals surface area contributed by atoms with Gasteiger partial charge in [-0.15, -0.1) is 0 Å². The molecule has 0 bridgehead atoms. The molecular formula is C13H19NO2. The highest BCUT2D eigenvalue weighted by Crippen LogP contribution is 2.38. The highest BCUT2D eigenvalue weighted by Gasteiger charge is 2.37. The van der Waals surface area contributed by atoms with Crippen LogP contribution in [0.15, 0.2) is 12.1 Å². The van der Waals surface area contributed by atoms with E-state index in [4.69, 9.17) is 5.73 Å². The Morgan fingerprint density at radius 1 is 1.19 bits per heavy atom. The van der Waals surface area contributed by atoms with Crippen LogP contribution in [0.3, 0.4) is 0 Å². The zero-order valence-electron chi connectivity index (χ0n) is 9.66. The number of phenolic OH excluding ortho intramolecular Hbond substituents is 2. The van der Waals surface area contributed by atoms with Crippen molar-refractivity contribution in [2.75, 3.05) is 0 Å². The van der Waals surface area contributed by atoms with Crippen molar-refractivity contribution in [1.82, 2.24) is 0 Å². The molecular weight excluding hydrogens is 202 g/mol. The summed E-state index contributed by atoms with van der Waals surface area (Å²) in [5.74, 6) is 0.358. The lowest BCUT2D eigenvalue weighted by molar-refractivity contribution is 0.440. The van der Waals surface area contributed by atoms with E-state index in [0.29, 0.717) is 0 Å². The van der Waals surface area contributed by atoms with E-state index in [1.54, 1.807) is 0 Å². The lowest BCUT2D eigenvalue weighted by Crippen LogP contribution is -2.22. The summed E-state index contributed by atoms with van der Waals surface area (Å²) in [7, 11) is 0. The van der Waals surface area contributed by atoms with Gasteiger partial charge in [-0.2, -0.15) is 0 Å². The van der Waals surface area contributed by atoms with Crippen molar-refractivity contribution in [3.63, 3.8) is 0 Å². The van der Waals surface area contributed by atoms with Gasteiger partial charge in [0.2, 0.25) is 0 Å². The molecule has 0 radical (unpaired) electrons. The maximum Gasteiger partial charge on any atom is 0.122 e. The number of nitrogens with two attached hydrogens (primary N) is 1. The fraction of sp³-hybridized carbons (Fsp3) is 0.538. The third kappa shape index (κ3) is 2.30. The topological polar surface area (TPSA) is 66.5 Å². The largest absolute Gasteiger partial charge is 0.508 e. The van der Waals surface area contributed by atoms with Crippen molar-refractivity contribution in [2.45, 2.75) is 44.6 Å². The van der Waals surface area contributed by atoms with Crippen molar-refractivity contribution in [3.8, 4) is 11.5 Å². The first kappa shape index (κ1) is 11.3. The highest BCUT2D eigenvalue weighted by molar-refractivity contribution is 5.45. The molecule has 0 aromatic heterocycles. The van der Waals surface area contributed by atoms with E-state index in [1.165, 1.54) is 6.07 Å². The van der Waals surface area contributed by atoms with E-state index < -0.39 is 0 Å². The Labute approximate surface area is 95.9 Å². The van der Waals surface area contributed by atoms with Crippen LogP contribution in [0.1, 0.15) is 37.3 Å². The van der Waals surface area contributed by atoms with E-state index in [2.05, 4.69) is 0 Å². The van der Waals surface area contributed by atoms with Crippen molar-refractivity contribution < 1.29 is 10.2 Å². The van der Waals surface area contributed by atoms with Gasteiger partial charge in [0, 0.05) is 11.6 Å². The molecule has 0 heterocycles. The fourth-order valence-corrected chi connectivity index (χ4v) is 1.95. The van der Waals surface area contributed by atoms with Crippen molar-refractivity contribution >= 4 is 0 Å². The minimum Gasteiger partial charge on any atom is -0.508 e. The highest BCUT2D eigenvalue weighted by atomic mass is 16.3. The molecule has 0 unspecified atom stereocenters. The van der Waals surface area contributed by atoms with Gasteiger partial charge in [-0.1, -0.05) is 6.92 Å². The van der Waals surface area contributed by atoms with Crippen LogP contribution in [0.2, 0.25) is 0 Å².